The van der Waals surface area contributed by atoms with Gasteiger partial charge in [-0.15, -0.1) is 0 Å². The molecule has 0 aromatic heterocycles. The van der Waals surface area contributed by atoms with Gasteiger partial charge >= 0.3 is 6.09 Å². The lowest BCUT2D eigenvalue weighted by Gasteiger charge is -2.41. The lowest BCUT2D eigenvalue weighted by atomic mass is 9.80. The number of carbonyl (C=O) groups excluding carboxylic acids is 2. The summed E-state index contributed by atoms with van der Waals surface area (Å²) < 4.78 is 0. The van der Waals surface area contributed by atoms with E-state index in [0.717, 1.165) is 5.56 Å². The highest BCUT2D eigenvalue weighted by atomic mass is 16.4. The Labute approximate surface area is 182 Å². The van der Waals surface area contributed by atoms with Crippen LogP contribution >= 0.6 is 0 Å². The second-order valence-corrected chi connectivity index (χ2v) is 9.87. The minimum Gasteiger partial charge on any atom is -0.465 e. The van der Waals surface area contributed by atoms with E-state index in [1.165, 1.54) is 9.80 Å². The highest BCUT2D eigenvalue weighted by Crippen LogP contribution is 2.46. The molecule has 3 rings (SSSR count). The number of rotatable bonds is 4. The molecule has 8 nitrogen and oxygen atoms in total. The smallest absolute Gasteiger partial charge is 0.408 e. The predicted molar refractivity (Wildman–Crippen MR) is 115 cm³/mol. The second-order valence-electron chi connectivity index (χ2n) is 9.87. The van der Waals surface area contributed by atoms with Crippen LogP contribution in [0.3, 0.4) is 0 Å². The van der Waals surface area contributed by atoms with Gasteiger partial charge in [0.1, 0.15) is 12.1 Å². The Bertz CT molecular complexity index is 946. The Morgan fingerprint density at radius 1 is 1.35 bits per heavy atom. The molecule has 1 fully saturated rings. The van der Waals surface area contributed by atoms with E-state index in [-0.39, 0.29) is 24.8 Å². The highest BCUT2D eigenvalue weighted by molar-refractivity contribution is 6.07. The van der Waals surface area contributed by atoms with Crippen LogP contribution in [-0.2, 0) is 15.0 Å². The number of amides is 3. The van der Waals surface area contributed by atoms with Crippen LogP contribution < -0.4 is 5.32 Å². The average molecular weight is 427 g/mol. The lowest BCUT2D eigenvalue weighted by molar-refractivity contribution is -0.139. The van der Waals surface area contributed by atoms with E-state index in [9.17, 15) is 24.8 Å². The van der Waals surface area contributed by atoms with Crippen molar-refractivity contribution in [1.29, 1.82) is 5.26 Å². The molecular formula is C23H30N4O4. The van der Waals surface area contributed by atoms with Crippen LogP contribution in [0.5, 0.6) is 0 Å². The number of likely N-dealkylation sites (tertiary alicyclic amines) is 1. The minimum absolute atomic E-state index is 0.0547. The molecule has 0 aliphatic carbocycles. The van der Waals surface area contributed by atoms with Gasteiger partial charge in [0, 0.05) is 24.2 Å². The molecule has 31 heavy (non-hydrogen) atoms. The van der Waals surface area contributed by atoms with Crippen LogP contribution in [0.15, 0.2) is 24.3 Å². The first-order valence-electron chi connectivity index (χ1n) is 10.6. The number of fused-ring (bicyclic) bond motifs is 2. The number of para-hydroxylation sites is 1. The third kappa shape index (κ3) is 3.85. The summed E-state index contributed by atoms with van der Waals surface area (Å²) in [6, 6.07) is 7.73. The molecule has 2 heterocycles. The fourth-order valence-electron chi connectivity index (χ4n) is 4.83. The molecule has 8 heteroatoms. The number of hydrogen-bond donors (Lipinski definition) is 2. The number of anilines is 1. The van der Waals surface area contributed by atoms with Crippen molar-refractivity contribution in [1.82, 2.24) is 9.80 Å². The summed E-state index contributed by atoms with van der Waals surface area (Å²) in [5.41, 5.74) is -0.330. The Balaban J connectivity index is 2.01. The summed E-state index contributed by atoms with van der Waals surface area (Å²) in [5, 5.41) is 22.6. The van der Waals surface area contributed by atoms with Crippen molar-refractivity contribution in [2.45, 2.75) is 70.5 Å². The minimum atomic E-state index is -1.18. The van der Waals surface area contributed by atoms with Gasteiger partial charge in [0.2, 0.25) is 11.8 Å². The summed E-state index contributed by atoms with van der Waals surface area (Å²) in [7, 11) is 0. The van der Waals surface area contributed by atoms with E-state index < -0.39 is 35.0 Å². The van der Waals surface area contributed by atoms with E-state index in [1.807, 2.05) is 32.0 Å². The van der Waals surface area contributed by atoms with Gasteiger partial charge in [-0.1, -0.05) is 32.0 Å². The molecule has 0 radical (unpaired) electrons. The first kappa shape index (κ1) is 22.6. The van der Waals surface area contributed by atoms with Crippen molar-refractivity contribution in [3.05, 3.63) is 29.8 Å². The molecule has 1 aromatic rings. The number of hydrogen-bond acceptors (Lipinski definition) is 4. The third-order valence-corrected chi connectivity index (χ3v) is 6.14. The van der Waals surface area contributed by atoms with Crippen LogP contribution in [-0.4, -0.2) is 57.0 Å². The fraction of sp³-hybridized carbons (Fsp3) is 0.565. The first-order chi connectivity index (χ1) is 14.4. The largest absolute Gasteiger partial charge is 0.465 e. The standard InChI is InChI=1S/C23H30N4O4/c1-14(2)10-18(27(21(30)31)22(3,4)5)19(28)26-13-23(11-15(26)12-24)16-8-6-7-9-17(16)25-20(23)29/h6-9,14-15,18H,10-11,13H2,1-5H3,(H,25,29)(H,30,31)/t15-,18-,23-/m0/s1. The summed E-state index contributed by atoms with van der Waals surface area (Å²) in [6.07, 6.45) is -0.667. The molecular weight excluding hydrogens is 396 g/mol. The van der Waals surface area contributed by atoms with Crippen molar-refractivity contribution in [2.24, 2.45) is 5.92 Å². The maximum atomic E-state index is 13.7. The van der Waals surface area contributed by atoms with Crippen LogP contribution in [0.25, 0.3) is 0 Å². The Kier molecular flexibility index (Phi) is 5.74. The van der Waals surface area contributed by atoms with Crippen LogP contribution in [0, 0.1) is 17.2 Å². The van der Waals surface area contributed by atoms with Crippen molar-refractivity contribution in [2.75, 3.05) is 11.9 Å². The molecule has 2 aliphatic rings. The van der Waals surface area contributed by atoms with Crippen molar-refractivity contribution < 1.29 is 19.5 Å². The van der Waals surface area contributed by atoms with E-state index in [4.69, 9.17) is 0 Å². The van der Waals surface area contributed by atoms with E-state index in [0.29, 0.717) is 12.1 Å². The molecule has 1 spiro atoms. The normalized spacial score (nSPS) is 23.5. The van der Waals surface area contributed by atoms with Gasteiger partial charge in [0.25, 0.3) is 0 Å². The molecule has 3 atom stereocenters. The zero-order valence-electron chi connectivity index (χ0n) is 18.7. The summed E-state index contributed by atoms with van der Waals surface area (Å²) in [6.45, 7) is 9.15. The molecule has 166 valence electrons. The van der Waals surface area contributed by atoms with Crippen molar-refractivity contribution in [3.63, 3.8) is 0 Å². The Morgan fingerprint density at radius 2 is 2.00 bits per heavy atom. The number of nitriles is 1. The topological polar surface area (TPSA) is 114 Å². The SMILES string of the molecule is CC(C)C[C@@H](C(=O)N1C[C@]2(C[C@H]1C#N)C(=O)Nc1ccccc12)N(C(=O)O)C(C)(C)C. The number of carbonyl (C=O) groups is 3. The maximum Gasteiger partial charge on any atom is 0.408 e. The first-order valence-corrected chi connectivity index (χ1v) is 10.6. The second kappa shape index (κ2) is 7.88. The molecule has 3 amide bonds. The summed E-state index contributed by atoms with van der Waals surface area (Å²) >= 11 is 0. The van der Waals surface area contributed by atoms with Crippen molar-refractivity contribution in [3.8, 4) is 6.07 Å². The molecule has 0 saturated carbocycles. The van der Waals surface area contributed by atoms with E-state index >= 15 is 0 Å². The molecule has 2 N–H and O–H groups in total. The van der Waals surface area contributed by atoms with Crippen molar-refractivity contribution >= 4 is 23.6 Å². The van der Waals surface area contributed by atoms with Gasteiger partial charge in [0.05, 0.1) is 11.5 Å². The number of carboxylic acid groups (broad SMARTS) is 1. The number of nitrogens with one attached hydrogen (secondary N) is 1. The third-order valence-electron chi connectivity index (χ3n) is 6.14. The average Bonchev–Trinajstić information content (AvgIpc) is 3.18. The molecule has 1 saturated heterocycles. The van der Waals surface area contributed by atoms with Gasteiger partial charge in [-0.2, -0.15) is 5.26 Å². The monoisotopic (exact) mass is 426 g/mol. The van der Waals surface area contributed by atoms with Gasteiger partial charge in [-0.3, -0.25) is 14.5 Å². The molecule has 0 unspecified atom stereocenters. The lowest BCUT2D eigenvalue weighted by Crippen LogP contribution is -2.58. The zero-order chi connectivity index (χ0) is 23.1. The van der Waals surface area contributed by atoms with E-state index in [1.54, 1.807) is 26.8 Å². The zero-order valence-corrected chi connectivity index (χ0v) is 18.7. The van der Waals surface area contributed by atoms with Gasteiger partial charge in [-0.05, 0) is 44.7 Å². The molecule has 2 aliphatic heterocycles. The Hall–Kier alpha value is -3.08. The summed E-state index contributed by atoms with van der Waals surface area (Å²) in [4.78, 5) is 41.4. The quantitative estimate of drug-likeness (QED) is 0.767. The molecule has 1 aromatic carbocycles. The number of benzene rings is 1. The molecule has 0 bridgehead atoms. The van der Waals surface area contributed by atoms with E-state index in [2.05, 4.69) is 11.4 Å². The van der Waals surface area contributed by atoms with Crippen LogP contribution in [0.1, 0.15) is 53.0 Å². The number of nitrogens with zero attached hydrogens (tertiary/aromatic N) is 3. The Morgan fingerprint density at radius 3 is 2.55 bits per heavy atom. The predicted octanol–water partition coefficient (Wildman–Crippen LogP) is 3.19. The van der Waals surface area contributed by atoms with Gasteiger partial charge in [0.15, 0.2) is 0 Å². The van der Waals surface area contributed by atoms with Crippen LogP contribution in [0.2, 0.25) is 0 Å². The van der Waals surface area contributed by atoms with Gasteiger partial charge in [-0.25, -0.2) is 4.79 Å². The summed E-state index contributed by atoms with van der Waals surface area (Å²) in [5.74, 6) is -0.590. The van der Waals surface area contributed by atoms with Crippen LogP contribution in [0.4, 0.5) is 10.5 Å². The fourth-order valence-corrected chi connectivity index (χ4v) is 4.83. The maximum absolute atomic E-state index is 13.7. The highest BCUT2D eigenvalue weighted by Gasteiger charge is 2.57. The van der Waals surface area contributed by atoms with Gasteiger partial charge < -0.3 is 15.3 Å².